The Morgan fingerprint density at radius 3 is 2.83 bits per heavy atom. The molecule has 1 N–H and O–H groups in total. The molecule has 68 valence electrons. The second-order valence-corrected chi connectivity index (χ2v) is 2.85. The average Bonchev–Trinajstić information content (AvgIpc) is 2.15. The van der Waals surface area contributed by atoms with Gasteiger partial charge < -0.3 is 10.1 Å². The predicted octanol–water partition coefficient (Wildman–Crippen LogP) is -0.222. The summed E-state index contributed by atoms with van der Waals surface area (Å²) in [5, 5.41) is 11.6. The zero-order valence-corrected chi connectivity index (χ0v) is 7.42. The number of hydrogen-bond acceptors (Lipinski definition) is 4. The number of nitrogens with one attached hydrogen (secondary N) is 1. The third-order valence-corrected chi connectivity index (χ3v) is 2.05. The lowest BCUT2D eigenvalue weighted by Gasteiger charge is -2.31. The van der Waals surface area contributed by atoms with Gasteiger partial charge in [0.15, 0.2) is 0 Å². The van der Waals surface area contributed by atoms with E-state index in [0.29, 0.717) is 0 Å². The molecule has 12 heavy (non-hydrogen) atoms. The SMILES string of the molecule is CC(OCC#N)N1CCNCC1. The van der Waals surface area contributed by atoms with E-state index in [9.17, 15) is 0 Å². The first-order valence-corrected chi connectivity index (χ1v) is 4.28. The number of ether oxygens (including phenoxy) is 1. The summed E-state index contributed by atoms with van der Waals surface area (Å²) >= 11 is 0. The van der Waals surface area contributed by atoms with E-state index in [1.165, 1.54) is 0 Å². The Hall–Kier alpha value is -0.630. The molecule has 0 amide bonds. The molecule has 0 saturated carbocycles. The normalized spacial score (nSPS) is 21.7. The number of hydrogen-bond donors (Lipinski definition) is 1. The first kappa shape index (κ1) is 9.46. The van der Waals surface area contributed by atoms with Gasteiger partial charge in [-0.05, 0) is 6.92 Å². The van der Waals surface area contributed by atoms with Crippen molar-refractivity contribution in [2.24, 2.45) is 0 Å². The average molecular weight is 169 g/mol. The molecule has 4 heteroatoms. The summed E-state index contributed by atoms with van der Waals surface area (Å²) in [6, 6.07) is 1.97. The fourth-order valence-electron chi connectivity index (χ4n) is 1.31. The molecule has 1 rings (SSSR count). The largest absolute Gasteiger partial charge is 0.349 e. The van der Waals surface area contributed by atoms with E-state index < -0.39 is 0 Å². The van der Waals surface area contributed by atoms with Gasteiger partial charge in [-0.15, -0.1) is 0 Å². The second-order valence-electron chi connectivity index (χ2n) is 2.85. The van der Waals surface area contributed by atoms with Crippen LogP contribution in [0.2, 0.25) is 0 Å². The molecule has 0 bridgehead atoms. The molecule has 1 unspecified atom stereocenters. The van der Waals surface area contributed by atoms with Crippen molar-refractivity contribution in [1.82, 2.24) is 10.2 Å². The maximum absolute atomic E-state index is 8.31. The molecule has 0 aromatic heterocycles. The Labute approximate surface area is 73.1 Å². The first-order chi connectivity index (χ1) is 5.84. The van der Waals surface area contributed by atoms with Crippen LogP contribution in [-0.4, -0.2) is 43.9 Å². The van der Waals surface area contributed by atoms with Gasteiger partial charge in [0.2, 0.25) is 0 Å². The molecule has 4 nitrogen and oxygen atoms in total. The fraction of sp³-hybridized carbons (Fsp3) is 0.875. The van der Waals surface area contributed by atoms with Crippen LogP contribution in [0.1, 0.15) is 6.92 Å². The maximum Gasteiger partial charge on any atom is 0.135 e. The minimum absolute atomic E-state index is 0.0757. The van der Waals surface area contributed by atoms with Crippen LogP contribution in [0.3, 0.4) is 0 Å². The van der Waals surface area contributed by atoms with Crippen LogP contribution in [0.25, 0.3) is 0 Å². The van der Waals surface area contributed by atoms with E-state index in [2.05, 4.69) is 10.2 Å². The molecular formula is C8H15N3O. The first-order valence-electron chi connectivity index (χ1n) is 4.28. The summed E-state index contributed by atoms with van der Waals surface area (Å²) in [6.07, 6.45) is 0.0757. The summed E-state index contributed by atoms with van der Waals surface area (Å²) in [5.74, 6) is 0. The van der Waals surface area contributed by atoms with Gasteiger partial charge in [0.1, 0.15) is 12.8 Å². The summed E-state index contributed by atoms with van der Waals surface area (Å²) in [7, 11) is 0. The van der Waals surface area contributed by atoms with Crippen molar-refractivity contribution >= 4 is 0 Å². The van der Waals surface area contributed by atoms with Crippen molar-refractivity contribution in [3.05, 3.63) is 0 Å². The zero-order valence-electron chi connectivity index (χ0n) is 7.42. The van der Waals surface area contributed by atoms with E-state index in [1.54, 1.807) is 0 Å². The third kappa shape index (κ3) is 2.78. The Morgan fingerprint density at radius 1 is 1.58 bits per heavy atom. The minimum Gasteiger partial charge on any atom is -0.349 e. The van der Waals surface area contributed by atoms with Crippen LogP contribution in [0, 0.1) is 11.3 Å². The van der Waals surface area contributed by atoms with E-state index >= 15 is 0 Å². The van der Waals surface area contributed by atoms with Crippen LogP contribution in [0.15, 0.2) is 0 Å². The molecule has 1 atom stereocenters. The van der Waals surface area contributed by atoms with Gasteiger partial charge in [0.05, 0.1) is 6.07 Å². The van der Waals surface area contributed by atoms with Crippen LogP contribution < -0.4 is 5.32 Å². The van der Waals surface area contributed by atoms with Crippen molar-refractivity contribution in [1.29, 1.82) is 5.26 Å². The van der Waals surface area contributed by atoms with Gasteiger partial charge in [-0.3, -0.25) is 4.90 Å². The lowest BCUT2D eigenvalue weighted by molar-refractivity contribution is -0.0386. The highest BCUT2D eigenvalue weighted by Crippen LogP contribution is 2.01. The standard InChI is InChI=1S/C8H15N3O/c1-8(12-7-2-9)11-5-3-10-4-6-11/h8,10H,3-7H2,1H3. The molecule has 1 aliphatic heterocycles. The monoisotopic (exact) mass is 169 g/mol. The van der Waals surface area contributed by atoms with Gasteiger partial charge in [0.25, 0.3) is 0 Å². The predicted molar refractivity (Wildman–Crippen MR) is 45.5 cm³/mol. The maximum atomic E-state index is 8.31. The Bertz CT molecular complexity index is 160. The van der Waals surface area contributed by atoms with Gasteiger partial charge in [-0.1, -0.05) is 0 Å². The van der Waals surface area contributed by atoms with Gasteiger partial charge >= 0.3 is 0 Å². The van der Waals surface area contributed by atoms with E-state index in [-0.39, 0.29) is 12.8 Å². The van der Waals surface area contributed by atoms with E-state index in [0.717, 1.165) is 26.2 Å². The number of nitriles is 1. The molecule has 0 spiro atoms. The van der Waals surface area contributed by atoms with E-state index in [1.807, 2.05) is 13.0 Å². The summed E-state index contributed by atoms with van der Waals surface area (Å²) < 4.78 is 5.27. The number of rotatable bonds is 3. The van der Waals surface area contributed by atoms with Crippen molar-refractivity contribution in [3.63, 3.8) is 0 Å². The van der Waals surface area contributed by atoms with Gasteiger partial charge in [-0.25, -0.2) is 0 Å². The summed E-state index contributed by atoms with van der Waals surface area (Å²) in [5.41, 5.74) is 0. The van der Waals surface area contributed by atoms with Crippen LogP contribution in [0.4, 0.5) is 0 Å². The molecule has 0 aromatic rings. The van der Waals surface area contributed by atoms with Crippen LogP contribution in [-0.2, 0) is 4.74 Å². The third-order valence-electron chi connectivity index (χ3n) is 2.05. The summed E-state index contributed by atoms with van der Waals surface area (Å²) in [6.45, 7) is 6.22. The zero-order chi connectivity index (χ0) is 8.81. The highest BCUT2D eigenvalue weighted by molar-refractivity contribution is 4.71. The van der Waals surface area contributed by atoms with E-state index in [4.69, 9.17) is 10.00 Å². The van der Waals surface area contributed by atoms with Crippen LogP contribution in [0.5, 0.6) is 0 Å². The smallest absolute Gasteiger partial charge is 0.135 e. The molecule has 1 heterocycles. The highest BCUT2D eigenvalue weighted by Gasteiger charge is 2.15. The Balaban J connectivity index is 2.21. The quantitative estimate of drug-likeness (QED) is 0.634. The number of piperazine rings is 1. The van der Waals surface area contributed by atoms with Crippen molar-refractivity contribution in [2.75, 3.05) is 32.8 Å². The number of nitrogens with zero attached hydrogens (tertiary/aromatic N) is 2. The van der Waals surface area contributed by atoms with Gasteiger partial charge in [-0.2, -0.15) is 5.26 Å². The molecule has 1 aliphatic rings. The molecule has 0 radical (unpaired) electrons. The molecule has 0 aliphatic carbocycles. The topological polar surface area (TPSA) is 48.3 Å². The Morgan fingerprint density at radius 2 is 2.25 bits per heavy atom. The highest BCUT2D eigenvalue weighted by atomic mass is 16.5. The lowest BCUT2D eigenvalue weighted by Crippen LogP contribution is -2.48. The fourth-order valence-corrected chi connectivity index (χ4v) is 1.31. The minimum atomic E-state index is 0.0757. The van der Waals surface area contributed by atoms with Gasteiger partial charge in [0, 0.05) is 26.2 Å². The molecular weight excluding hydrogens is 154 g/mol. The van der Waals surface area contributed by atoms with Crippen molar-refractivity contribution in [3.8, 4) is 6.07 Å². The Kier molecular flexibility index (Phi) is 4.01. The molecule has 1 saturated heterocycles. The lowest BCUT2D eigenvalue weighted by atomic mass is 10.3. The molecule has 0 aromatic carbocycles. The van der Waals surface area contributed by atoms with Crippen LogP contribution >= 0.6 is 0 Å². The summed E-state index contributed by atoms with van der Waals surface area (Å²) in [4.78, 5) is 2.23. The second kappa shape index (κ2) is 5.09. The van der Waals surface area contributed by atoms with Crippen molar-refractivity contribution in [2.45, 2.75) is 13.2 Å². The molecule has 1 fully saturated rings. The van der Waals surface area contributed by atoms with Crippen molar-refractivity contribution < 1.29 is 4.74 Å².